The van der Waals surface area contributed by atoms with Crippen LogP contribution >= 0.6 is 0 Å². The molecule has 3 aromatic rings. The highest BCUT2D eigenvalue weighted by Crippen LogP contribution is 2.17. The Morgan fingerprint density at radius 1 is 1.30 bits per heavy atom. The number of aromatic nitrogens is 3. The molecule has 0 radical (unpaired) electrons. The highest BCUT2D eigenvalue weighted by Gasteiger charge is 2.19. The average Bonchev–Trinajstić information content (AvgIpc) is 2.94. The number of hydrogen-bond acceptors (Lipinski definition) is 7. The maximum absolute atomic E-state index is 12.1. The summed E-state index contributed by atoms with van der Waals surface area (Å²) in [5.41, 5.74) is 12.9. The number of aromatic hydroxyl groups is 1. The quantitative estimate of drug-likeness (QED) is 0.629. The monoisotopic (exact) mass is 313 g/mol. The normalized spacial score (nSPS) is 12.2. The van der Waals surface area contributed by atoms with Crippen molar-refractivity contribution in [1.29, 1.82) is 0 Å². The van der Waals surface area contributed by atoms with E-state index in [4.69, 9.17) is 16.3 Å². The summed E-state index contributed by atoms with van der Waals surface area (Å²) in [6.07, 6.45) is 3.25. The number of nitrogens with zero attached hydrogens (tertiary/aromatic N) is 3. The van der Waals surface area contributed by atoms with Crippen LogP contribution < -0.4 is 16.3 Å². The van der Waals surface area contributed by atoms with Gasteiger partial charge in [0, 0.05) is 6.20 Å². The lowest BCUT2D eigenvalue weighted by atomic mass is 10.1. The molecule has 0 spiro atoms. The zero-order chi connectivity index (χ0) is 16.4. The molecule has 8 heteroatoms. The van der Waals surface area contributed by atoms with Gasteiger partial charge in [0.15, 0.2) is 0 Å². The van der Waals surface area contributed by atoms with Gasteiger partial charge in [-0.05, 0) is 30.2 Å². The molecular formula is C15H15N5O3. The number of phenolic OH excluding ortho intramolecular Hbond substituents is 1. The Morgan fingerprint density at radius 3 is 2.78 bits per heavy atom. The molecule has 1 aromatic carbocycles. The van der Waals surface area contributed by atoms with Crippen LogP contribution in [-0.2, 0) is 11.2 Å². The fourth-order valence-electron chi connectivity index (χ4n) is 2.15. The number of rotatable bonds is 4. The number of phenols is 1. The number of pyridine rings is 1. The second-order valence-electron chi connectivity index (χ2n) is 5.03. The number of carbonyl (C=O) groups excluding carboxylic acids is 1. The van der Waals surface area contributed by atoms with Crippen LogP contribution in [0.15, 0.2) is 42.7 Å². The van der Waals surface area contributed by atoms with Crippen molar-refractivity contribution in [1.82, 2.24) is 14.9 Å². The first-order valence-electron chi connectivity index (χ1n) is 6.88. The van der Waals surface area contributed by atoms with Crippen molar-refractivity contribution in [3.8, 4) is 5.75 Å². The molecule has 0 aliphatic heterocycles. The number of fused-ring (bicyclic) bond motifs is 1. The second kappa shape index (κ2) is 5.93. The Balaban J connectivity index is 1.72. The fraction of sp³-hybridized carbons (Fsp3) is 0.133. The van der Waals surface area contributed by atoms with E-state index in [1.165, 1.54) is 24.5 Å². The molecule has 23 heavy (non-hydrogen) atoms. The lowest BCUT2D eigenvalue weighted by Gasteiger charge is -2.11. The van der Waals surface area contributed by atoms with Crippen LogP contribution in [0.2, 0.25) is 0 Å². The molecule has 0 amide bonds. The lowest BCUT2D eigenvalue weighted by molar-refractivity contribution is -0.146. The molecule has 5 N–H and O–H groups in total. The summed E-state index contributed by atoms with van der Waals surface area (Å²) in [5, 5.41) is 13.8. The minimum absolute atomic E-state index is 0.152. The molecule has 3 rings (SSSR count). The Labute approximate surface area is 131 Å². The number of carbonyl (C=O) groups is 1. The fourth-order valence-corrected chi connectivity index (χ4v) is 2.15. The maximum atomic E-state index is 12.1. The third-order valence-corrected chi connectivity index (χ3v) is 3.37. The van der Waals surface area contributed by atoms with E-state index < -0.39 is 12.0 Å². The molecule has 0 saturated carbocycles. The highest BCUT2D eigenvalue weighted by atomic mass is 16.7. The molecule has 118 valence electrons. The number of benzene rings is 1. The van der Waals surface area contributed by atoms with Gasteiger partial charge >= 0.3 is 5.97 Å². The first kappa shape index (κ1) is 14.8. The average molecular weight is 313 g/mol. The lowest BCUT2D eigenvalue weighted by Crippen LogP contribution is -2.39. The van der Waals surface area contributed by atoms with Gasteiger partial charge in [0.05, 0.1) is 11.6 Å². The Kier molecular flexibility index (Phi) is 3.82. The summed E-state index contributed by atoms with van der Waals surface area (Å²) in [6, 6.07) is 7.22. The van der Waals surface area contributed by atoms with Crippen molar-refractivity contribution in [2.75, 3.05) is 5.73 Å². The molecule has 0 fully saturated rings. The first-order chi connectivity index (χ1) is 11.0. The molecule has 0 unspecified atom stereocenters. The molecule has 8 nitrogen and oxygen atoms in total. The van der Waals surface area contributed by atoms with Crippen LogP contribution in [0.5, 0.6) is 5.75 Å². The summed E-state index contributed by atoms with van der Waals surface area (Å²) < 4.78 is 0. The molecule has 2 aromatic heterocycles. The van der Waals surface area contributed by atoms with Crippen molar-refractivity contribution < 1.29 is 14.7 Å². The Hall–Kier alpha value is -3.13. The van der Waals surface area contributed by atoms with Crippen LogP contribution in [-0.4, -0.2) is 32.0 Å². The summed E-state index contributed by atoms with van der Waals surface area (Å²) in [5.74, 6) is -0.171. The van der Waals surface area contributed by atoms with Gasteiger partial charge in [0.2, 0.25) is 0 Å². The Morgan fingerprint density at radius 2 is 2.04 bits per heavy atom. The number of hydrogen-bond donors (Lipinski definition) is 3. The third kappa shape index (κ3) is 3.06. The standard InChI is InChI=1S/C15H15N5O3/c16-12(7-9-1-3-10(21)4-2-9)15(22)23-20-13-5-6-18-14(17)11(13)8-19-20/h1-6,8,12,21H,7,16H2,(H2,17,18)/t12-/m0/s1. The summed E-state index contributed by atoms with van der Waals surface area (Å²) in [4.78, 5) is 22.3. The molecule has 0 aliphatic rings. The van der Waals surface area contributed by atoms with E-state index >= 15 is 0 Å². The topological polar surface area (TPSA) is 129 Å². The predicted octanol–water partition coefficient (Wildman–Crippen LogP) is 0.244. The van der Waals surface area contributed by atoms with Crippen molar-refractivity contribution in [2.24, 2.45) is 5.73 Å². The van der Waals surface area contributed by atoms with Crippen molar-refractivity contribution in [3.63, 3.8) is 0 Å². The van der Waals surface area contributed by atoms with Crippen molar-refractivity contribution in [3.05, 3.63) is 48.3 Å². The van der Waals surface area contributed by atoms with Crippen LogP contribution in [0.25, 0.3) is 10.9 Å². The highest BCUT2D eigenvalue weighted by molar-refractivity contribution is 5.88. The number of nitrogen functional groups attached to an aromatic ring is 1. The van der Waals surface area contributed by atoms with Gasteiger partial charge < -0.3 is 21.4 Å². The van der Waals surface area contributed by atoms with Gasteiger partial charge in [-0.2, -0.15) is 0 Å². The summed E-state index contributed by atoms with van der Waals surface area (Å²) in [7, 11) is 0. The van der Waals surface area contributed by atoms with Crippen molar-refractivity contribution in [2.45, 2.75) is 12.5 Å². The van der Waals surface area contributed by atoms with E-state index in [0.717, 1.165) is 10.4 Å². The number of anilines is 1. The van der Waals surface area contributed by atoms with Gasteiger partial charge in [-0.15, -0.1) is 5.10 Å². The van der Waals surface area contributed by atoms with E-state index in [1.807, 2.05) is 0 Å². The zero-order valence-corrected chi connectivity index (χ0v) is 12.1. The van der Waals surface area contributed by atoms with E-state index in [9.17, 15) is 9.90 Å². The minimum atomic E-state index is -0.863. The molecule has 2 heterocycles. The van der Waals surface area contributed by atoms with E-state index in [1.54, 1.807) is 18.2 Å². The molecular weight excluding hydrogens is 298 g/mol. The van der Waals surface area contributed by atoms with E-state index in [0.29, 0.717) is 16.7 Å². The maximum Gasteiger partial charge on any atom is 0.351 e. The zero-order valence-electron chi connectivity index (χ0n) is 12.1. The number of nitrogens with two attached hydrogens (primary N) is 2. The summed E-state index contributed by atoms with van der Waals surface area (Å²) >= 11 is 0. The molecule has 0 aliphatic carbocycles. The molecule has 0 saturated heterocycles. The van der Waals surface area contributed by atoms with Crippen LogP contribution in [0.3, 0.4) is 0 Å². The Bertz CT molecular complexity index is 844. The largest absolute Gasteiger partial charge is 0.508 e. The van der Waals surface area contributed by atoms with Crippen LogP contribution in [0.4, 0.5) is 5.82 Å². The van der Waals surface area contributed by atoms with Crippen LogP contribution in [0, 0.1) is 0 Å². The van der Waals surface area contributed by atoms with Gasteiger partial charge in [-0.1, -0.05) is 17.0 Å². The second-order valence-corrected chi connectivity index (χ2v) is 5.03. The predicted molar refractivity (Wildman–Crippen MR) is 83.3 cm³/mol. The van der Waals surface area contributed by atoms with Gasteiger partial charge in [-0.3, -0.25) is 0 Å². The summed E-state index contributed by atoms with van der Waals surface area (Å²) in [6.45, 7) is 0. The van der Waals surface area contributed by atoms with Gasteiger partial charge in [-0.25, -0.2) is 9.78 Å². The first-order valence-corrected chi connectivity index (χ1v) is 6.88. The smallest absolute Gasteiger partial charge is 0.351 e. The van der Waals surface area contributed by atoms with Gasteiger partial charge in [0.1, 0.15) is 23.1 Å². The molecule has 1 atom stereocenters. The van der Waals surface area contributed by atoms with E-state index in [2.05, 4.69) is 10.1 Å². The third-order valence-electron chi connectivity index (χ3n) is 3.37. The SMILES string of the molecule is Nc1nccc2c1cnn2OC(=O)[C@@H](N)Cc1ccc(O)cc1. The molecule has 0 bridgehead atoms. The van der Waals surface area contributed by atoms with Crippen molar-refractivity contribution >= 4 is 22.7 Å². The minimum Gasteiger partial charge on any atom is -0.508 e. The van der Waals surface area contributed by atoms with E-state index in [-0.39, 0.29) is 12.2 Å². The van der Waals surface area contributed by atoms with Crippen LogP contribution in [0.1, 0.15) is 5.56 Å². The van der Waals surface area contributed by atoms with Gasteiger partial charge in [0.25, 0.3) is 0 Å².